The Morgan fingerprint density at radius 2 is 2.05 bits per heavy atom. The summed E-state index contributed by atoms with van der Waals surface area (Å²) in [7, 11) is 0. The smallest absolute Gasteiger partial charge is 0.125 e. The Bertz CT molecular complexity index is 569. The Kier molecular flexibility index (Phi) is 4.42. The topological polar surface area (TPSA) is 28.4 Å². The van der Waals surface area contributed by atoms with E-state index >= 15 is 0 Å². The Balaban J connectivity index is 2.01. The standard InChI is InChI=1S/C18H24N2O/c1-14-6-7-15(2)16(13-14)18(17-5-3-12-21-17)20-10-4-8-19-9-11-20/h3,5-7,12-13,18-19H,4,8-11H2,1-2H3. The van der Waals surface area contributed by atoms with E-state index in [1.807, 2.05) is 6.07 Å². The average Bonchev–Trinajstić information content (AvgIpc) is 2.86. The Morgan fingerprint density at radius 1 is 1.14 bits per heavy atom. The lowest BCUT2D eigenvalue weighted by Gasteiger charge is -2.30. The molecule has 21 heavy (non-hydrogen) atoms. The van der Waals surface area contributed by atoms with Crippen molar-refractivity contribution in [2.24, 2.45) is 0 Å². The van der Waals surface area contributed by atoms with E-state index in [9.17, 15) is 0 Å². The van der Waals surface area contributed by atoms with Crippen LogP contribution in [0.15, 0.2) is 41.0 Å². The minimum Gasteiger partial charge on any atom is -0.467 e. The van der Waals surface area contributed by atoms with Crippen molar-refractivity contribution >= 4 is 0 Å². The van der Waals surface area contributed by atoms with E-state index in [2.05, 4.69) is 48.3 Å². The summed E-state index contributed by atoms with van der Waals surface area (Å²) in [5, 5.41) is 3.48. The van der Waals surface area contributed by atoms with Crippen molar-refractivity contribution in [3.8, 4) is 0 Å². The zero-order chi connectivity index (χ0) is 14.7. The molecule has 112 valence electrons. The lowest BCUT2D eigenvalue weighted by molar-refractivity contribution is 0.215. The fourth-order valence-electron chi connectivity index (χ4n) is 3.16. The Hall–Kier alpha value is -1.58. The first-order chi connectivity index (χ1) is 10.3. The van der Waals surface area contributed by atoms with Crippen LogP contribution in [0.3, 0.4) is 0 Å². The lowest BCUT2D eigenvalue weighted by Crippen LogP contribution is -2.33. The maximum absolute atomic E-state index is 5.78. The van der Waals surface area contributed by atoms with Gasteiger partial charge in [0.2, 0.25) is 0 Å². The second-order valence-electron chi connectivity index (χ2n) is 5.92. The molecule has 3 nitrogen and oxygen atoms in total. The number of hydrogen-bond acceptors (Lipinski definition) is 3. The summed E-state index contributed by atoms with van der Waals surface area (Å²) in [6.45, 7) is 8.66. The van der Waals surface area contributed by atoms with Crippen LogP contribution in [0.5, 0.6) is 0 Å². The summed E-state index contributed by atoms with van der Waals surface area (Å²) in [4.78, 5) is 2.54. The van der Waals surface area contributed by atoms with Gasteiger partial charge in [-0.05, 0) is 50.1 Å². The van der Waals surface area contributed by atoms with Crippen molar-refractivity contribution in [3.05, 3.63) is 59.0 Å². The van der Waals surface area contributed by atoms with Gasteiger partial charge >= 0.3 is 0 Å². The molecule has 2 aromatic rings. The first-order valence-electron chi connectivity index (χ1n) is 7.81. The molecule has 0 radical (unpaired) electrons. The van der Waals surface area contributed by atoms with E-state index < -0.39 is 0 Å². The number of nitrogens with zero attached hydrogens (tertiary/aromatic N) is 1. The minimum atomic E-state index is 0.222. The van der Waals surface area contributed by atoms with Gasteiger partial charge in [-0.25, -0.2) is 0 Å². The van der Waals surface area contributed by atoms with Crippen LogP contribution in [0.1, 0.15) is 34.9 Å². The predicted molar refractivity (Wildman–Crippen MR) is 85.5 cm³/mol. The highest BCUT2D eigenvalue weighted by molar-refractivity contribution is 5.37. The third-order valence-electron chi connectivity index (χ3n) is 4.28. The number of furan rings is 1. The van der Waals surface area contributed by atoms with Gasteiger partial charge in [0.25, 0.3) is 0 Å². The van der Waals surface area contributed by atoms with E-state index in [1.165, 1.54) is 23.1 Å². The van der Waals surface area contributed by atoms with Gasteiger partial charge in [0, 0.05) is 19.6 Å². The molecule has 0 aliphatic carbocycles. The van der Waals surface area contributed by atoms with Gasteiger partial charge in [-0.3, -0.25) is 4.90 Å². The van der Waals surface area contributed by atoms with Crippen LogP contribution in [0, 0.1) is 13.8 Å². The SMILES string of the molecule is Cc1ccc(C)c(C(c2ccco2)N2CCCNCC2)c1. The third kappa shape index (κ3) is 3.20. The Labute approximate surface area is 127 Å². The second kappa shape index (κ2) is 6.46. The molecular formula is C18H24N2O. The van der Waals surface area contributed by atoms with Gasteiger partial charge in [0.1, 0.15) is 5.76 Å². The van der Waals surface area contributed by atoms with Crippen molar-refractivity contribution in [2.45, 2.75) is 26.3 Å². The molecule has 1 aromatic carbocycles. The molecule has 1 unspecified atom stereocenters. The van der Waals surface area contributed by atoms with Crippen LogP contribution in [0.2, 0.25) is 0 Å². The molecule has 1 atom stereocenters. The molecule has 0 saturated carbocycles. The first-order valence-corrected chi connectivity index (χ1v) is 7.81. The predicted octanol–water partition coefficient (Wildman–Crippen LogP) is 3.28. The van der Waals surface area contributed by atoms with Crippen LogP contribution in [0.25, 0.3) is 0 Å². The van der Waals surface area contributed by atoms with E-state index in [1.54, 1.807) is 6.26 Å². The number of hydrogen-bond donors (Lipinski definition) is 1. The van der Waals surface area contributed by atoms with Crippen LogP contribution >= 0.6 is 0 Å². The highest BCUT2D eigenvalue weighted by atomic mass is 16.3. The molecule has 0 amide bonds. The van der Waals surface area contributed by atoms with Crippen molar-refractivity contribution in [1.29, 1.82) is 0 Å². The van der Waals surface area contributed by atoms with Crippen LogP contribution in [0.4, 0.5) is 0 Å². The van der Waals surface area contributed by atoms with Crippen molar-refractivity contribution in [2.75, 3.05) is 26.2 Å². The van der Waals surface area contributed by atoms with E-state index in [4.69, 9.17) is 4.42 Å². The molecule has 1 saturated heterocycles. The zero-order valence-electron chi connectivity index (χ0n) is 12.9. The zero-order valence-corrected chi connectivity index (χ0v) is 12.9. The van der Waals surface area contributed by atoms with Gasteiger partial charge in [-0.2, -0.15) is 0 Å². The van der Waals surface area contributed by atoms with Gasteiger partial charge < -0.3 is 9.73 Å². The van der Waals surface area contributed by atoms with Crippen molar-refractivity contribution < 1.29 is 4.42 Å². The van der Waals surface area contributed by atoms with Gasteiger partial charge in [-0.1, -0.05) is 23.8 Å². The minimum absolute atomic E-state index is 0.222. The number of benzene rings is 1. The quantitative estimate of drug-likeness (QED) is 0.937. The largest absolute Gasteiger partial charge is 0.467 e. The first kappa shape index (κ1) is 14.4. The number of nitrogens with one attached hydrogen (secondary N) is 1. The molecule has 1 N–H and O–H groups in total. The maximum atomic E-state index is 5.78. The van der Waals surface area contributed by atoms with Crippen molar-refractivity contribution in [3.63, 3.8) is 0 Å². The molecule has 0 spiro atoms. The second-order valence-corrected chi connectivity index (χ2v) is 5.92. The monoisotopic (exact) mass is 284 g/mol. The van der Waals surface area contributed by atoms with Crippen LogP contribution in [-0.4, -0.2) is 31.1 Å². The Morgan fingerprint density at radius 3 is 2.86 bits per heavy atom. The molecule has 0 bridgehead atoms. The van der Waals surface area contributed by atoms with Gasteiger partial charge in [-0.15, -0.1) is 0 Å². The fraction of sp³-hybridized carbons (Fsp3) is 0.444. The van der Waals surface area contributed by atoms with Crippen molar-refractivity contribution in [1.82, 2.24) is 10.2 Å². The molecule has 1 aliphatic heterocycles. The average molecular weight is 284 g/mol. The number of aryl methyl sites for hydroxylation is 2. The molecule has 3 rings (SSSR count). The van der Waals surface area contributed by atoms with E-state index in [0.29, 0.717) is 0 Å². The van der Waals surface area contributed by atoms with Crippen LogP contribution < -0.4 is 5.32 Å². The summed E-state index contributed by atoms with van der Waals surface area (Å²) >= 11 is 0. The molecule has 2 heterocycles. The lowest BCUT2D eigenvalue weighted by atomic mass is 9.95. The maximum Gasteiger partial charge on any atom is 0.125 e. The molecular weight excluding hydrogens is 260 g/mol. The third-order valence-corrected chi connectivity index (χ3v) is 4.28. The van der Waals surface area contributed by atoms with Gasteiger partial charge in [0.15, 0.2) is 0 Å². The summed E-state index contributed by atoms with van der Waals surface area (Å²) in [6.07, 6.45) is 2.96. The molecule has 1 aliphatic rings. The van der Waals surface area contributed by atoms with Crippen LogP contribution in [-0.2, 0) is 0 Å². The van der Waals surface area contributed by atoms with E-state index in [-0.39, 0.29) is 6.04 Å². The molecule has 1 fully saturated rings. The van der Waals surface area contributed by atoms with E-state index in [0.717, 1.165) is 31.9 Å². The summed E-state index contributed by atoms with van der Waals surface area (Å²) in [5.74, 6) is 1.05. The summed E-state index contributed by atoms with van der Waals surface area (Å²) in [6, 6.07) is 11.0. The summed E-state index contributed by atoms with van der Waals surface area (Å²) in [5.41, 5.74) is 4.01. The molecule has 1 aromatic heterocycles. The molecule has 3 heteroatoms. The van der Waals surface area contributed by atoms with Gasteiger partial charge in [0.05, 0.1) is 12.3 Å². The normalized spacial score (nSPS) is 18.4. The number of rotatable bonds is 3. The fourth-order valence-corrected chi connectivity index (χ4v) is 3.16. The highest BCUT2D eigenvalue weighted by Gasteiger charge is 2.26. The summed E-state index contributed by atoms with van der Waals surface area (Å²) < 4.78 is 5.78. The highest BCUT2D eigenvalue weighted by Crippen LogP contribution is 2.32.